The summed E-state index contributed by atoms with van der Waals surface area (Å²) < 4.78 is 0. The third kappa shape index (κ3) is 3.50. The van der Waals surface area contributed by atoms with Crippen LogP contribution >= 0.6 is 11.8 Å². The molecule has 0 saturated carbocycles. The fourth-order valence-electron chi connectivity index (χ4n) is 2.02. The van der Waals surface area contributed by atoms with Gasteiger partial charge in [0.2, 0.25) is 5.91 Å². The van der Waals surface area contributed by atoms with E-state index in [2.05, 4.69) is 5.32 Å². The summed E-state index contributed by atoms with van der Waals surface area (Å²) in [5.74, 6) is 2.91. The molecule has 1 aliphatic rings. The lowest BCUT2D eigenvalue weighted by Gasteiger charge is -2.15. The predicted molar refractivity (Wildman–Crippen MR) is 76.5 cm³/mol. The van der Waals surface area contributed by atoms with Crippen LogP contribution in [0.4, 0.5) is 0 Å². The molecule has 1 fully saturated rings. The summed E-state index contributed by atoms with van der Waals surface area (Å²) >= 11 is 1.96. The lowest BCUT2D eigenvalue weighted by molar-refractivity contribution is -0.122. The summed E-state index contributed by atoms with van der Waals surface area (Å²) in [7, 11) is 0. The minimum atomic E-state index is -0.556. The molecule has 2 atom stereocenters. The number of hydrogen-bond acceptors (Lipinski definition) is 3. The first-order valence-electron chi connectivity index (χ1n) is 6.34. The van der Waals surface area contributed by atoms with Crippen LogP contribution in [0, 0.1) is 12.8 Å². The number of carbonyl (C=O) groups excluding carboxylic acids is 1. The molecule has 0 bridgehead atoms. The van der Waals surface area contributed by atoms with Crippen molar-refractivity contribution in [3.8, 4) is 0 Å². The first kappa shape index (κ1) is 13.4. The molecule has 3 N–H and O–H groups in total. The van der Waals surface area contributed by atoms with Gasteiger partial charge in [0.15, 0.2) is 0 Å². The second-order valence-corrected chi connectivity index (χ2v) is 6.01. The summed E-state index contributed by atoms with van der Waals surface area (Å²) in [6.45, 7) is 2.78. The molecule has 2 unspecified atom stereocenters. The Morgan fingerprint density at radius 2 is 2.22 bits per heavy atom. The second kappa shape index (κ2) is 6.25. The zero-order chi connectivity index (χ0) is 13.0. The molecular formula is C14H20N2OS. The van der Waals surface area contributed by atoms with Crippen molar-refractivity contribution in [1.29, 1.82) is 0 Å². The molecule has 0 spiro atoms. The van der Waals surface area contributed by atoms with E-state index < -0.39 is 6.04 Å². The smallest absolute Gasteiger partial charge is 0.241 e. The number of carbonyl (C=O) groups is 1. The number of nitrogens with two attached hydrogens (primary N) is 1. The summed E-state index contributed by atoms with van der Waals surface area (Å²) in [5.41, 5.74) is 8.01. The first-order valence-corrected chi connectivity index (χ1v) is 7.50. The molecule has 1 aromatic carbocycles. The number of nitrogens with one attached hydrogen (secondary N) is 1. The van der Waals surface area contributed by atoms with Crippen molar-refractivity contribution in [3.05, 3.63) is 35.4 Å². The van der Waals surface area contributed by atoms with Gasteiger partial charge in [-0.25, -0.2) is 0 Å². The van der Waals surface area contributed by atoms with Gasteiger partial charge in [0.25, 0.3) is 0 Å². The van der Waals surface area contributed by atoms with Crippen LogP contribution < -0.4 is 11.1 Å². The lowest BCUT2D eigenvalue weighted by Crippen LogP contribution is -2.37. The third-order valence-electron chi connectivity index (χ3n) is 3.31. The molecule has 1 heterocycles. The summed E-state index contributed by atoms with van der Waals surface area (Å²) in [6.07, 6.45) is 1.20. The van der Waals surface area contributed by atoms with Crippen LogP contribution in [0.3, 0.4) is 0 Å². The van der Waals surface area contributed by atoms with Crippen LogP contribution in [-0.2, 0) is 4.79 Å². The van der Waals surface area contributed by atoms with Crippen LogP contribution in [-0.4, -0.2) is 24.0 Å². The maximum absolute atomic E-state index is 11.9. The van der Waals surface area contributed by atoms with E-state index in [0.29, 0.717) is 5.92 Å². The van der Waals surface area contributed by atoms with Gasteiger partial charge in [0, 0.05) is 6.54 Å². The Morgan fingerprint density at radius 3 is 2.83 bits per heavy atom. The predicted octanol–water partition coefficient (Wildman–Crippen LogP) is 1.86. The van der Waals surface area contributed by atoms with Gasteiger partial charge in [-0.15, -0.1) is 0 Å². The lowest BCUT2D eigenvalue weighted by atomic mass is 10.0. The van der Waals surface area contributed by atoms with Crippen LogP contribution in [0.15, 0.2) is 24.3 Å². The van der Waals surface area contributed by atoms with E-state index in [0.717, 1.165) is 17.9 Å². The molecule has 3 nitrogen and oxygen atoms in total. The standard InChI is InChI=1S/C14H20N2OS/c1-10-2-4-12(5-3-10)13(15)14(17)16-8-11-6-7-18-9-11/h2-5,11,13H,6-9,15H2,1H3,(H,16,17). The number of hydrogen-bond donors (Lipinski definition) is 2. The van der Waals surface area contributed by atoms with E-state index in [4.69, 9.17) is 5.73 Å². The molecule has 18 heavy (non-hydrogen) atoms. The number of thioether (sulfide) groups is 1. The largest absolute Gasteiger partial charge is 0.354 e. The van der Waals surface area contributed by atoms with E-state index in [1.54, 1.807) is 0 Å². The van der Waals surface area contributed by atoms with Gasteiger partial charge in [-0.2, -0.15) is 11.8 Å². The molecule has 0 radical (unpaired) electrons. The van der Waals surface area contributed by atoms with Crippen molar-refractivity contribution in [1.82, 2.24) is 5.32 Å². The maximum atomic E-state index is 11.9. The Morgan fingerprint density at radius 1 is 1.50 bits per heavy atom. The topological polar surface area (TPSA) is 55.1 Å². The molecule has 1 aliphatic heterocycles. The van der Waals surface area contributed by atoms with Crippen LogP contribution in [0.1, 0.15) is 23.6 Å². The van der Waals surface area contributed by atoms with Crippen molar-refractivity contribution < 1.29 is 4.79 Å². The van der Waals surface area contributed by atoms with Crippen molar-refractivity contribution in [2.75, 3.05) is 18.1 Å². The number of benzene rings is 1. The quantitative estimate of drug-likeness (QED) is 0.873. The van der Waals surface area contributed by atoms with Gasteiger partial charge in [-0.05, 0) is 36.3 Å². The Labute approximate surface area is 113 Å². The Bertz CT molecular complexity index is 399. The molecule has 1 saturated heterocycles. The van der Waals surface area contributed by atoms with Gasteiger partial charge in [0.1, 0.15) is 6.04 Å². The number of aryl methyl sites for hydroxylation is 1. The first-order chi connectivity index (χ1) is 8.66. The molecule has 4 heteroatoms. The average Bonchev–Trinajstić information content (AvgIpc) is 2.89. The molecule has 1 aromatic rings. The number of amides is 1. The van der Waals surface area contributed by atoms with Crippen LogP contribution in [0.2, 0.25) is 0 Å². The minimum absolute atomic E-state index is 0.0734. The highest BCUT2D eigenvalue weighted by Crippen LogP contribution is 2.22. The fourth-order valence-corrected chi connectivity index (χ4v) is 3.31. The van der Waals surface area contributed by atoms with Crippen molar-refractivity contribution in [2.45, 2.75) is 19.4 Å². The summed E-state index contributed by atoms with van der Waals surface area (Å²) in [6, 6.07) is 7.25. The van der Waals surface area contributed by atoms with E-state index in [9.17, 15) is 4.79 Å². The molecule has 1 amide bonds. The molecule has 0 aromatic heterocycles. The van der Waals surface area contributed by atoms with Gasteiger partial charge < -0.3 is 11.1 Å². The highest BCUT2D eigenvalue weighted by atomic mass is 32.2. The monoisotopic (exact) mass is 264 g/mol. The normalized spacial score (nSPS) is 20.7. The molecule has 98 valence electrons. The summed E-state index contributed by atoms with van der Waals surface area (Å²) in [4.78, 5) is 11.9. The average molecular weight is 264 g/mol. The zero-order valence-electron chi connectivity index (χ0n) is 10.7. The van der Waals surface area contributed by atoms with Gasteiger partial charge in [0.05, 0.1) is 0 Å². The van der Waals surface area contributed by atoms with Crippen molar-refractivity contribution in [2.24, 2.45) is 11.7 Å². The van der Waals surface area contributed by atoms with Gasteiger partial charge in [-0.3, -0.25) is 4.79 Å². The molecular weight excluding hydrogens is 244 g/mol. The van der Waals surface area contributed by atoms with Crippen molar-refractivity contribution >= 4 is 17.7 Å². The fraction of sp³-hybridized carbons (Fsp3) is 0.500. The minimum Gasteiger partial charge on any atom is -0.354 e. The highest BCUT2D eigenvalue weighted by Gasteiger charge is 2.19. The van der Waals surface area contributed by atoms with E-state index in [1.165, 1.54) is 17.7 Å². The highest BCUT2D eigenvalue weighted by molar-refractivity contribution is 7.99. The molecule has 2 rings (SSSR count). The SMILES string of the molecule is Cc1ccc(C(N)C(=O)NCC2CCSC2)cc1. The van der Waals surface area contributed by atoms with Gasteiger partial charge >= 0.3 is 0 Å². The zero-order valence-corrected chi connectivity index (χ0v) is 11.5. The van der Waals surface area contributed by atoms with E-state index >= 15 is 0 Å². The Hall–Kier alpha value is -1.00. The van der Waals surface area contributed by atoms with Crippen LogP contribution in [0.25, 0.3) is 0 Å². The van der Waals surface area contributed by atoms with Crippen LogP contribution in [0.5, 0.6) is 0 Å². The molecule has 0 aliphatic carbocycles. The Kier molecular flexibility index (Phi) is 4.66. The van der Waals surface area contributed by atoms with E-state index in [-0.39, 0.29) is 5.91 Å². The second-order valence-electron chi connectivity index (χ2n) is 4.86. The maximum Gasteiger partial charge on any atom is 0.241 e. The summed E-state index contributed by atoms with van der Waals surface area (Å²) in [5, 5.41) is 2.96. The van der Waals surface area contributed by atoms with E-state index in [1.807, 2.05) is 43.0 Å². The van der Waals surface area contributed by atoms with Gasteiger partial charge in [-0.1, -0.05) is 29.8 Å². The Balaban J connectivity index is 1.85. The van der Waals surface area contributed by atoms with Crippen molar-refractivity contribution in [3.63, 3.8) is 0 Å². The number of rotatable bonds is 4. The third-order valence-corrected chi connectivity index (χ3v) is 4.54.